The quantitative estimate of drug-likeness (QED) is 0.460. The first kappa shape index (κ1) is 20.8. The smallest absolute Gasteiger partial charge is 0.228 e. The summed E-state index contributed by atoms with van der Waals surface area (Å²) in [7, 11) is 2.01. The molecular weight excluding hydrogens is 403 g/mol. The van der Waals surface area contributed by atoms with Crippen LogP contribution in [-0.2, 0) is 9.53 Å². The Morgan fingerprint density at radius 3 is 2.81 bits per heavy atom. The van der Waals surface area contributed by atoms with Crippen LogP contribution in [0.4, 0.5) is 11.5 Å². The van der Waals surface area contributed by atoms with Crippen LogP contribution in [0.3, 0.4) is 0 Å². The van der Waals surface area contributed by atoms with Crippen LogP contribution in [0.25, 0.3) is 16.9 Å². The molecule has 3 N–H and O–H groups in total. The second kappa shape index (κ2) is 8.82. The van der Waals surface area contributed by atoms with Crippen LogP contribution in [0.5, 0.6) is 0 Å². The van der Waals surface area contributed by atoms with Gasteiger partial charge in [-0.15, -0.1) is 0 Å². The molecule has 1 unspecified atom stereocenters. The molecule has 0 spiro atoms. The van der Waals surface area contributed by atoms with Crippen molar-refractivity contribution in [2.24, 2.45) is 11.8 Å². The molecule has 2 saturated heterocycles. The lowest BCUT2D eigenvalue weighted by atomic mass is 9.95. The lowest BCUT2D eigenvalue weighted by Crippen LogP contribution is -2.43. The SMILES string of the molecule is Bc1cnn2c(NCC3CCN(C(=O)C4CCOC4)CC3)cc(-c3ccccc3N)nc12. The van der Waals surface area contributed by atoms with E-state index in [0.29, 0.717) is 24.8 Å². The number of carbonyl (C=O) groups is 1. The van der Waals surface area contributed by atoms with E-state index in [9.17, 15) is 4.79 Å². The minimum absolute atomic E-state index is 0.0571. The number of anilines is 2. The molecule has 0 radical (unpaired) electrons. The zero-order valence-electron chi connectivity index (χ0n) is 18.5. The minimum Gasteiger partial charge on any atom is -0.398 e. The van der Waals surface area contributed by atoms with E-state index in [0.717, 1.165) is 67.1 Å². The fourth-order valence-corrected chi connectivity index (χ4v) is 4.66. The van der Waals surface area contributed by atoms with E-state index < -0.39 is 0 Å². The first-order valence-electron chi connectivity index (χ1n) is 11.4. The molecule has 2 fully saturated rings. The van der Waals surface area contributed by atoms with Gasteiger partial charge in [-0.05, 0) is 36.7 Å². The van der Waals surface area contributed by atoms with Crippen molar-refractivity contribution in [1.29, 1.82) is 0 Å². The third kappa shape index (κ3) is 4.04. The highest BCUT2D eigenvalue weighted by atomic mass is 16.5. The number of rotatable bonds is 5. The number of carbonyl (C=O) groups excluding carboxylic acids is 1. The Kier molecular flexibility index (Phi) is 5.74. The van der Waals surface area contributed by atoms with Crippen LogP contribution < -0.4 is 16.5 Å². The van der Waals surface area contributed by atoms with Gasteiger partial charge in [0, 0.05) is 49.8 Å². The maximum atomic E-state index is 12.6. The predicted molar refractivity (Wildman–Crippen MR) is 128 cm³/mol. The van der Waals surface area contributed by atoms with E-state index in [-0.39, 0.29) is 11.8 Å². The van der Waals surface area contributed by atoms with Gasteiger partial charge >= 0.3 is 0 Å². The van der Waals surface area contributed by atoms with Crippen LogP contribution in [0.1, 0.15) is 19.3 Å². The fraction of sp³-hybridized carbons (Fsp3) is 0.435. The normalized spacial score (nSPS) is 19.5. The molecule has 2 aliphatic heterocycles. The number of hydrogen-bond donors (Lipinski definition) is 2. The van der Waals surface area contributed by atoms with E-state index in [1.807, 2.05) is 53.8 Å². The summed E-state index contributed by atoms with van der Waals surface area (Å²) in [5.41, 5.74) is 10.5. The number of nitrogens with zero attached hydrogens (tertiary/aromatic N) is 4. The Morgan fingerprint density at radius 2 is 2.06 bits per heavy atom. The molecule has 0 saturated carbocycles. The Bertz CT molecular complexity index is 1120. The average molecular weight is 432 g/mol. The molecule has 0 bridgehead atoms. The first-order chi connectivity index (χ1) is 15.6. The summed E-state index contributed by atoms with van der Waals surface area (Å²) in [5, 5.41) is 8.11. The molecule has 166 valence electrons. The molecule has 2 aromatic heterocycles. The Labute approximate surface area is 188 Å². The zero-order valence-corrected chi connectivity index (χ0v) is 18.5. The molecule has 2 aliphatic rings. The molecule has 1 aromatic carbocycles. The fourth-order valence-electron chi connectivity index (χ4n) is 4.66. The standard InChI is InChI=1S/C23H29BN6O2/c24-18-13-27-30-21(11-20(28-22(18)30)17-3-1-2-4-19(17)25)26-12-15-5-8-29(9-6-15)23(31)16-7-10-32-14-16/h1-4,11,13,15-16,26H,5-10,12,14,24-25H2. The summed E-state index contributed by atoms with van der Waals surface area (Å²) < 4.78 is 7.24. The Morgan fingerprint density at radius 1 is 1.25 bits per heavy atom. The highest BCUT2D eigenvalue weighted by Crippen LogP contribution is 2.27. The molecule has 1 amide bonds. The summed E-state index contributed by atoms with van der Waals surface area (Å²) in [6.45, 7) is 3.76. The number of fused-ring (bicyclic) bond motifs is 1. The number of piperidine rings is 1. The van der Waals surface area contributed by atoms with E-state index in [1.54, 1.807) is 0 Å². The lowest BCUT2D eigenvalue weighted by molar-refractivity contribution is -0.136. The molecular formula is C23H29BN6O2. The van der Waals surface area contributed by atoms with Crippen LogP contribution in [0.2, 0.25) is 0 Å². The Hall–Kier alpha value is -3.07. The van der Waals surface area contributed by atoms with Crippen LogP contribution in [0.15, 0.2) is 36.5 Å². The van der Waals surface area contributed by atoms with Crippen molar-refractivity contribution in [2.45, 2.75) is 19.3 Å². The van der Waals surface area contributed by atoms with Crippen molar-refractivity contribution in [3.63, 3.8) is 0 Å². The molecule has 9 heteroatoms. The number of aromatic nitrogens is 3. The van der Waals surface area contributed by atoms with Gasteiger partial charge in [-0.2, -0.15) is 9.61 Å². The predicted octanol–water partition coefficient (Wildman–Crippen LogP) is 0.924. The van der Waals surface area contributed by atoms with Crippen molar-refractivity contribution in [2.75, 3.05) is 43.9 Å². The van der Waals surface area contributed by atoms with Gasteiger partial charge in [-0.1, -0.05) is 18.2 Å². The zero-order chi connectivity index (χ0) is 22.1. The maximum absolute atomic E-state index is 12.6. The summed E-state index contributed by atoms with van der Waals surface area (Å²) in [6.07, 6.45) is 4.69. The van der Waals surface area contributed by atoms with E-state index in [1.165, 1.54) is 0 Å². The third-order valence-electron chi connectivity index (χ3n) is 6.66. The molecule has 4 heterocycles. The van der Waals surface area contributed by atoms with E-state index >= 15 is 0 Å². The third-order valence-corrected chi connectivity index (χ3v) is 6.66. The number of amides is 1. The van der Waals surface area contributed by atoms with Gasteiger partial charge in [0.2, 0.25) is 5.91 Å². The molecule has 1 atom stereocenters. The van der Waals surface area contributed by atoms with Crippen LogP contribution in [-0.4, -0.2) is 66.1 Å². The van der Waals surface area contributed by atoms with Gasteiger partial charge in [0.15, 0.2) is 5.65 Å². The summed E-state index contributed by atoms with van der Waals surface area (Å²) in [4.78, 5) is 19.5. The van der Waals surface area contributed by atoms with Gasteiger partial charge in [0.1, 0.15) is 13.7 Å². The van der Waals surface area contributed by atoms with Crippen molar-refractivity contribution in [3.05, 3.63) is 36.5 Å². The Balaban J connectivity index is 1.28. The van der Waals surface area contributed by atoms with Crippen LogP contribution >= 0.6 is 0 Å². The van der Waals surface area contributed by atoms with Crippen LogP contribution in [0, 0.1) is 11.8 Å². The average Bonchev–Trinajstić information content (AvgIpc) is 3.48. The number of nitrogen functional groups attached to an aromatic ring is 1. The summed E-state index contributed by atoms with van der Waals surface area (Å²) in [6, 6.07) is 9.80. The van der Waals surface area contributed by atoms with Crippen molar-refractivity contribution < 1.29 is 9.53 Å². The van der Waals surface area contributed by atoms with Gasteiger partial charge in [-0.3, -0.25) is 4.79 Å². The summed E-state index contributed by atoms with van der Waals surface area (Å²) >= 11 is 0. The van der Waals surface area contributed by atoms with Gasteiger partial charge in [-0.25, -0.2) is 4.98 Å². The molecule has 0 aliphatic carbocycles. The first-order valence-corrected chi connectivity index (χ1v) is 11.4. The highest BCUT2D eigenvalue weighted by molar-refractivity contribution is 6.36. The van der Waals surface area contributed by atoms with Crippen molar-refractivity contribution in [1.82, 2.24) is 19.5 Å². The van der Waals surface area contributed by atoms with Gasteiger partial charge in [0.05, 0.1) is 18.2 Å². The number of para-hydroxylation sites is 1. The highest BCUT2D eigenvalue weighted by Gasteiger charge is 2.30. The lowest BCUT2D eigenvalue weighted by Gasteiger charge is -2.33. The van der Waals surface area contributed by atoms with Gasteiger partial charge in [0.25, 0.3) is 0 Å². The second-order valence-electron chi connectivity index (χ2n) is 8.89. The molecule has 3 aromatic rings. The largest absolute Gasteiger partial charge is 0.398 e. The second-order valence-corrected chi connectivity index (χ2v) is 8.89. The number of nitrogens with one attached hydrogen (secondary N) is 1. The number of benzene rings is 1. The number of nitrogens with two attached hydrogens (primary N) is 1. The molecule has 8 nitrogen and oxygen atoms in total. The minimum atomic E-state index is 0.0571. The van der Waals surface area contributed by atoms with E-state index in [4.69, 9.17) is 15.5 Å². The van der Waals surface area contributed by atoms with E-state index in [2.05, 4.69) is 10.4 Å². The summed E-state index contributed by atoms with van der Waals surface area (Å²) in [5.74, 6) is 1.73. The number of hydrogen-bond acceptors (Lipinski definition) is 6. The topological polar surface area (TPSA) is 97.8 Å². The van der Waals surface area contributed by atoms with Crippen molar-refractivity contribution in [3.8, 4) is 11.3 Å². The van der Waals surface area contributed by atoms with Gasteiger partial charge < -0.3 is 20.7 Å². The molecule has 5 rings (SSSR count). The number of ether oxygens (including phenoxy) is 1. The number of likely N-dealkylation sites (tertiary alicyclic amines) is 1. The monoisotopic (exact) mass is 432 g/mol. The maximum Gasteiger partial charge on any atom is 0.228 e. The van der Waals surface area contributed by atoms with Crippen molar-refractivity contribution >= 4 is 36.4 Å². The molecule has 32 heavy (non-hydrogen) atoms.